The summed E-state index contributed by atoms with van der Waals surface area (Å²) in [6.45, 7) is 1.65. The molecule has 0 aromatic heterocycles. The van der Waals surface area contributed by atoms with Gasteiger partial charge in [0.25, 0.3) is 0 Å². The van der Waals surface area contributed by atoms with Gasteiger partial charge in [-0.15, -0.1) is 0 Å². The summed E-state index contributed by atoms with van der Waals surface area (Å²) >= 11 is 0. The molecule has 0 radical (unpaired) electrons. The van der Waals surface area contributed by atoms with Crippen LogP contribution in [0.1, 0.15) is 32.6 Å². The van der Waals surface area contributed by atoms with Gasteiger partial charge in [-0.3, -0.25) is 9.59 Å². The first-order valence-electron chi connectivity index (χ1n) is 6.40. The number of hydrogen-bond acceptors (Lipinski definition) is 4. The molecule has 0 aromatic rings. The van der Waals surface area contributed by atoms with Crippen molar-refractivity contribution in [3.8, 4) is 0 Å². The number of nitrogens with one attached hydrogen (secondary N) is 1. The van der Waals surface area contributed by atoms with Crippen LogP contribution in [0, 0.1) is 11.8 Å². The van der Waals surface area contributed by atoms with E-state index < -0.39 is 21.8 Å². The highest BCUT2D eigenvalue weighted by atomic mass is 32.2. The van der Waals surface area contributed by atoms with Crippen molar-refractivity contribution < 1.29 is 23.1 Å². The van der Waals surface area contributed by atoms with Gasteiger partial charge in [0.15, 0.2) is 0 Å². The molecule has 0 heterocycles. The fraction of sp³-hybridized carbons (Fsp3) is 0.833. The van der Waals surface area contributed by atoms with Crippen LogP contribution in [0.5, 0.6) is 0 Å². The molecular weight excluding hydrogens is 270 g/mol. The number of aliphatic carboxylic acids is 1. The lowest BCUT2D eigenvalue weighted by molar-refractivity contribution is -0.144. The van der Waals surface area contributed by atoms with Crippen LogP contribution in [-0.2, 0) is 19.4 Å². The summed E-state index contributed by atoms with van der Waals surface area (Å²) < 4.78 is 22.2. The van der Waals surface area contributed by atoms with Gasteiger partial charge < -0.3 is 10.4 Å². The number of sulfone groups is 1. The Morgan fingerprint density at radius 1 is 1.21 bits per heavy atom. The molecule has 0 saturated heterocycles. The summed E-state index contributed by atoms with van der Waals surface area (Å²) in [5.74, 6) is -1.59. The second kappa shape index (κ2) is 6.36. The summed E-state index contributed by atoms with van der Waals surface area (Å²) in [6.07, 6.45) is 3.25. The highest BCUT2D eigenvalue weighted by Gasteiger charge is 2.30. The molecule has 1 aliphatic carbocycles. The number of carboxylic acid groups (broad SMARTS) is 1. The number of rotatable bonds is 5. The van der Waals surface area contributed by atoms with Crippen LogP contribution in [0.4, 0.5) is 0 Å². The van der Waals surface area contributed by atoms with Gasteiger partial charge in [0, 0.05) is 18.2 Å². The van der Waals surface area contributed by atoms with Crippen molar-refractivity contribution in [3.05, 3.63) is 0 Å². The van der Waals surface area contributed by atoms with Crippen molar-refractivity contribution in [2.75, 3.05) is 12.0 Å². The lowest BCUT2D eigenvalue weighted by atomic mass is 9.81. The van der Waals surface area contributed by atoms with Crippen LogP contribution in [0.25, 0.3) is 0 Å². The molecule has 7 heteroatoms. The fourth-order valence-corrected chi connectivity index (χ4v) is 3.45. The summed E-state index contributed by atoms with van der Waals surface area (Å²) in [4.78, 5) is 22.7. The Hall–Kier alpha value is -1.11. The van der Waals surface area contributed by atoms with E-state index in [0.717, 1.165) is 6.26 Å². The second-order valence-corrected chi connectivity index (χ2v) is 7.57. The average Bonchev–Trinajstić information content (AvgIpc) is 2.26. The van der Waals surface area contributed by atoms with E-state index in [-0.39, 0.29) is 23.5 Å². The molecule has 1 saturated carbocycles. The molecule has 19 heavy (non-hydrogen) atoms. The van der Waals surface area contributed by atoms with Crippen molar-refractivity contribution in [2.24, 2.45) is 11.8 Å². The number of carboxylic acids is 1. The Morgan fingerprint density at radius 3 is 2.11 bits per heavy atom. The Balaban J connectivity index is 2.41. The van der Waals surface area contributed by atoms with Crippen LogP contribution < -0.4 is 5.32 Å². The number of carbonyl (C=O) groups is 2. The first-order valence-corrected chi connectivity index (χ1v) is 8.46. The van der Waals surface area contributed by atoms with Crippen LogP contribution in [-0.4, -0.2) is 43.5 Å². The minimum atomic E-state index is -3.11. The minimum absolute atomic E-state index is 0.0801. The quantitative estimate of drug-likeness (QED) is 0.765. The van der Waals surface area contributed by atoms with E-state index in [1.54, 1.807) is 6.92 Å². The van der Waals surface area contributed by atoms with E-state index in [9.17, 15) is 18.0 Å². The van der Waals surface area contributed by atoms with E-state index in [1.807, 2.05) is 0 Å². The van der Waals surface area contributed by atoms with Crippen molar-refractivity contribution in [2.45, 2.75) is 38.6 Å². The average molecular weight is 291 g/mol. The zero-order chi connectivity index (χ0) is 14.6. The molecule has 1 unspecified atom stereocenters. The molecule has 1 rings (SSSR count). The molecule has 2 N–H and O–H groups in total. The second-order valence-electron chi connectivity index (χ2n) is 5.39. The van der Waals surface area contributed by atoms with Gasteiger partial charge in [0.05, 0.1) is 11.7 Å². The molecule has 1 aliphatic rings. The molecule has 1 fully saturated rings. The number of amides is 1. The maximum absolute atomic E-state index is 11.9. The largest absolute Gasteiger partial charge is 0.481 e. The Bertz CT molecular complexity index is 437. The maximum atomic E-state index is 11.9. The topological polar surface area (TPSA) is 101 Å². The normalized spacial score (nSPS) is 25.6. The number of carbonyl (C=O) groups excluding carboxylic acids is 1. The van der Waals surface area contributed by atoms with Gasteiger partial charge in [-0.25, -0.2) is 8.42 Å². The van der Waals surface area contributed by atoms with Gasteiger partial charge in [0.1, 0.15) is 9.84 Å². The molecule has 0 aromatic carbocycles. The van der Waals surface area contributed by atoms with Gasteiger partial charge in [0.2, 0.25) is 5.91 Å². The minimum Gasteiger partial charge on any atom is -0.481 e. The van der Waals surface area contributed by atoms with Crippen LogP contribution in [0.15, 0.2) is 0 Å². The predicted octanol–water partition coefficient (Wildman–Crippen LogP) is 0.427. The molecule has 6 nitrogen and oxygen atoms in total. The van der Waals surface area contributed by atoms with Crippen molar-refractivity contribution in [1.29, 1.82) is 0 Å². The van der Waals surface area contributed by atoms with E-state index in [4.69, 9.17) is 5.11 Å². The van der Waals surface area contributed by atoms with E-state index in [1.165, 1.54) is 0 Å². The van der Waals surface area contributed by atoms with Gasteiger partial charge in [-0.1, -0.05) is 0 Å². The van der Waals surface area contributed by atoms with Crippen LogP contribution in [0.3, 0.4) is 0 Å². The fourth-order valence-electron chi connectivity index (χ4n) is 2.46. The Labute approximate surface area is 113 Å². The van der Waals surface area contributed by atoms with Crippen molar-refractivity contribution >= 4 is 21.7 Å². The molecule has 0 spiro atoms. The van der Waals surface area contributed by atoms with E-state index in [2.05, 4.69) is 5.32 Å². The molecule has 1 amide bonds. The van der Waals surface area contributed by atoms with Gasteiger partial charge >= 0.3 is 5.97 Å². The molecule has 110 valence electrons. The first-order chi connectivity index (χ1) is 8.69. The maximum Gasteiger partial charge on any atom is 0.306 e. The Kier molecular flexibility index (Phi) is 5.34. The highest BCUT2D eigenvalue weighted by Crippen LogP contribution is 2.29. The van der Waals surface area contributed by atoms with Crippen LogP contribution >= 0.6 is 0 Å². The summed E-state index contributed by atoms with van der Waals surface area (Å²) in [5, 5.41) is 11.6. The standard InChI is InChI=1S/C12H21NO5S/c1-8(7-19(2,17)18)13-11(14)9-3-5-10(6-4-9)12(15)16/h8-10H,3-7H2,1-2H3,(H,13,14)(H,15,16). The molecule has 1 atom stereocenters. The first kappa shape index (κ1) is 15.9. The van der Waals surface area contributed by atoms with Gasteiger partial charge in [-0.05, 0) is 32.6 Å². The number of hydrogen-bond donors (Lipinski definition) is 2. The summed E-state index contributed by atoms with van der Waals surface area (Å²) in [7, 11) is -3.11. The molecule has 0 bridgehead atoms. The Morgan fingerprint density at radius 2 is 1.68 bits per heavy atom. The molecular formula is C12H21NO5S. The third-order valence-electron chi connectivity index (χ3n) is 3.39. The monoisotopic (exact) mass is 291 g/mol. The highest BCUT2D eigenvalue weighted by molar-refractivity contribution is 7.90. The molecule has 0 aliphatic heterocycles. The third kappa shape index (κ3) is 5.59. The third-order valence-corrected chi connectivity index (χ3v) is 4.49. The van der Waals surface area contributed by atoms with Crippen molar-refractivity contribution in [3.63, 3.8) is 0 Å². The summed E-state index contributed by atoms with van der Waals surface area (Å²) in [6, 6.07) is -0.417. The predicted molar refractivity (Wildman–Crippen MR) is 70.4 cm³/mol. The smallest absolute Gasteiger partial charge is 0.306 e. The lowest BCUT2D eigenvalue weighted by Crippen LogP contribution is -2.42. The van der Waals surface area contributed by atoms with E-state index in [0.29, 0.717) is 25.7 Å². The zero-order valence-electron chi connectivity index (χ0n) is 11.3. The zero-order valence-corrected chi connectivity index (χ0v) is 12.1. The van der Waals surface area contributed by atoms with Gasteiger partial charge in [-0.2, -0.15) is 0 Å². The lowest BCUT2D eigenvalue weighted by Gasteiger charge is -2.26. The van der Waals surface area contributed by atoms with Crippen molar-refractivity contribution in [1.82, 2.24) is 5.32 Å². The SMILES string of the molecule is CC(CS(C)(=O)=O)NC(=O)C1CCC(C(=O)O)CC1. The summed E-state index contributed by atoms with van der Waals surface area (Å²) in [5.41, 5.74) is 0. The van der Waals surface area contributed by atoms with E-state index >= 15 is 0 Å². The van der Waals surface area contributed by atoms with Crippen LogP contribution in [0.2, 0.25) is 0 Å².